The number of likely N-dealkylation sites (tertiary alicyclic amines) is 1. The SMILES string of the molecule is COc1ccccc1[C@]1(O)C[C@H](CC#N)C[C@H]2CN(C(=O)Cc3ccccn3)C[C@H]21. The molecule has 1 aromatic carbocycles. The van der Waals surface area contributed by atoms with Crippen molar-refractivity contribution in [3.8, 4) is 11.8 Å². The van der Waals surface area contributed by atoms with E-state index in [1.54, 1.807) is 13.3 Å². The van der Waals surface area contributed by atoms with E-state index >= 15 is 0 Å². The van der Waals surface area contributed by atoms with Crippen LogP contribution in [0.1, 0.15) is 30.5 Å². The molecule has 1 aliphatic carbocycles. The van der Waals surface area contributed by atoms with Crippen LogP contribution in [0, 0.1) is 29.1 Å². The smallest absolute Gasteiger partial charge is 0.228 e. The maximum atomic E-state index is 13.0. The van der Waals surface area contributed by atoms with Crippen molar-refractivity contribution in [3.05, 3.63) is 59.9 Å². The van der Waals surface area contributed by atoms with Crippen LogP contribution >= 0.6 is 0 Å². The molecular formula is C24H27N3O3. The van der Waals surface area contributed by atoms with Gasteiger partial charge in [-0.05, 0) is 42.9 Å². The van der Waals surface area contributed by atoms with Gasteiger partial charge in [-0.3, -0.25) is 9.78 Å². The molecule has 0 bridgehead atoms. The molecule has 0 radical (unpaired) electrons. The molecule has 1 aromatic heterocycles. The summed E-state index contributed by atoms with van der Waals surface area (Å²) in [5.41, 5.74) is 0.376. The van der Waals surface area contributed by atoms with Gasteiger partial charge in [-0.25, -0.2) is 0 Å². The quantitative estimate of drug-likeness (QED) is 0.827. The van der Waals surface area contributed by atoms with E-state index in [2.05, 4.69) is 11.1 Å². The van der Waals surface area contributed by atoms with E-state index in [0.29, 0.717) is 31.7 Å². The molecule has 2 fully saturated rings. The highest BCUT2D eigenvalue weighted by Crippen LogP contribution is 2.52. The highest BCUT2D eigenvalue weighted by Gasteiger charge is 2.53. The number of hydrogen-bond acceptors (Lipinski definition) is 5. The van der Waals surface area contributed by atoms with Gasteiger partial charge in [-0.1, -0.05) is 24.3 Å². The normalized spacial score (nSPS) is 27.9. The van der Waals surface area contributed by atoms with Gasteiger partial charge in [0.25, 0.3) is 0 Å². The Hall–Kier alpha value is -2.91. The maximum Gasteiger partial charge on any atom is 0.228 e. The van der Waals surface area contributed by atoms with Gasteiger partial charge in [0.15, 0.2) is 0 Å². The summed E-state index contributed by atoms with van der Waals surface area (Å²) in [6.07, 6.45) is 3.71. The minimum absolute atomic E-state index is 0.0299. The number of nitrogens with zero attached hydrogens (tertiary/aromatic N) is 3. The molecule has 6 heteroatoms. The maximum absolute atomic E-state index is 13.0. The zero-order valence-electron chi connectivity index (χ0n) is 17.2. The van der Waals surface area contributed by atoms with Crippen LogP contribution in [0.25, 0.3) is 0 Å². The molecule has 30 heavy (non-hydrogen) atoms. The van der Waals surface area contributed by atoms with Crippen molar-refractivity contribution in [1.29, 1.82) is 5.26 Å². The lowest BCUT2D eigenvalue weighted by molar-refractivity contribution is -0.130. The zero-order chi connectivity index (χ0) is 21.1. The number of carbonyl (C=O) groups is 1. The summed E-state index contributed by atoms with van der Waals surface area (Å²) >= 11 is 0. The van der Waals surface area contributed by atoms with Gasteiger partial charge < -0.3 is 14.7 Å². The summed E-state index contributed by atoms with van der Waals surface area (Å²) in [5, 5.41) is 21.2. The van der Waals surface area contributed by atoms with Gasteiger partial charge in [0, 0.05) is 42.9 Å². The molecule has 1 amide bonds. The molecule has 1 saturated carbocycles. The van der Waals surface area contributed by atoms with E-state index in [9.17, 15) is 15.2 Å². The first-order valence-corrected chi connectivity index (χ1v) is 10.5. The minimum Gasteiger partial charge on any atom is -0.496 e. The number of aromatic nitrogens is 1. The van der Waals surface area contributed by atoms with Crippen molar-refractivity contribution >= 4 is 5.91 Å². The molecule has 156 valence electrons. The van der Waals surface area contributed by atoms with Gasteiger partial charge in [-0.15, -0.1) is 0 Å². The first-order chi connectivity index (χ1) is 14.5. The summed E-state index contributed by atoms with van der Waals surface area (Å²) in [7, 11) is 1.60. The number of carbonyl (C=O) groups excluding carboxylic acids is 1. The molecule has 6 nitrogen and oxygen atoms in total. The molecule has 2 aromatic rings. The summed E-state index contributed by atoms with van der Waals surface area (Å²) in [6, 6.07) is 15.4. The van der Waals surface area contributed by atoms with E-state index in [4.69, 9.17) is 4.74 Å². The van der Waals surface area contributed by atoms with Crippen LogP contribution in [-0.2, 0) is 16.8 Å². The van der Waals surface area contributed by atoms with Crippen LogP contribution in [0.3, 0.4) is 0 Å². The molecule has 2 heterocycles. The molecular weight excluding hydrogens is 378 g/mol. The molecule has 0 spiro atoms. The van der Waals surface area contributed by atoms with Crippen LogP contribution in [0.2, 0.25) is 0 Å². The van der Waals surface area contributed by atoms with Crippen molar-refractivity contribution in [3.63, 3.8) is 0 Å². The number of pyridine rings is 1. The van der Waals surface area contributed by atoms with E-state index in [-0.39, 0.29) is 30.1 Å². The monoisotopic (exact) mass is 405 g/mol. The summed E-state index contributed by atoms with van der Waals surface area (Å²) in [6.45, 7) is 1.11. The average molecular weight is 405 g/mol. The zero-order valence-corrected chi connectivity index (χ0v) is 17.2. The van der Waals surface area contributed by atoms with Crippen LogP contribution in [0.5, 0.6) is 5.75 Å². The number of para-hydroxylation sites is 1. The van der Waals surface area contributed by atoms with Gasteiger partial charge in [-0.2, -0.15) is 5.26 Å². The number of rotatable bonds is 5. The Morgan fingerprint density at radius 1 is 1.30 bits per heavy atom. The van der Waals surface area contributed by atoms with Crippen molar-refractivity contribution in [2.75, 3.05) is 20.2 Å². The summed E-state index contributed by atoms with van der Waals surface area (Å²) < 4.78 is 5.55. The van der Waals surface area contributed by atoms with Gasteiger partial charge in [0.2, 0.25) is 5.91 Å². The van der Waals surface area contributed by atoms with E-state index in [0.717, 1.165) is 17.7 Å². The van der Waals surface area contributed by atoms with Crippen molar-refractivity contribution in [2.24, 2.45) is 17.8 Å². The third-order valence-electron chi connectivity index (χ3n) is 6.65. The van der Waals surface area contributed by atoms with Crippen LogP contribution < -0.4 is 4.74 Å². The van der Waals surface area contributed by atoms with Gasteiger partial charge in [0.05, 0.1) is 25.2 Å². The van der Waals surface area contributed by atoms with Crippen molar-refractivity contribution in [1.82, 2.24) is 9.88 Å². The highest BCUT2D eigenvalue weighted by atomic mass is 16.5. The molecule has 4 rings (SSSR count). The fourth-order valence-electron chi connectivity index (χ4n) is 5.32. The fourth-order valence-corrected chi connectivity index (χ4v) is 5.32. The van der Waals surface area contributed by atoms with Crippen molar-refractivity contribution < 1.29 is 14.6 Å². The van der Waals surface area contributed by atoms with E-state index in [1.165, 1.54) is 0 Å². The number of benzene rings is 1. The molecule has 0 unspecified atom stereocenters. The lowest BCUT2D eigenvalue weighted by atomic mass is 9.63. The first-order valence-electron chi connectivity index (χ1n) is 10.5. The lowest BCUT2D eigenvalue weighted by Gasteiger charge is -2.45. The first kappa shape index (κ1) is 20.4. The lowest BCUT2D eigenvalue weighted by Crippen LogP contribution is -2.46. The predicted molar refractivity (Wildman–Crippen MR) is 111 cm³/mol. The second-order valence-corrected chi connectivity index (χ2v) is 8.46. The number of ether oxygens (including phenoxy) is 1. The number of amides is 1. The van der Waals surface area contributed by atoms with Gasteiger partial charge in [0.1, 0.15) is 5.75 Å². The fraction of sp³-hybridized carbons (Fsp3) is 0.458. The van der Waals surface area contributed by atoms with E-state index < -0.39 is 5.60 Å². The Morgan fingerprint density at radius 2 is 2.10 bits per heavy atom. The predicted octanol–water partition coefficient (Wildman–Crippen LogP) is 2.92. The second kappa shape index (κ2) is 8.45. The molecule has 2 aliphatic rings. The molecule has 1 saturated heterocycles. The third kappa shape index (κ3) is 3.78. The Bertz CT molecular complexity index is 942. The number of hydrogen-bond donors (Lipinski definition) is 1. The number of fused-ring (bicyclic) bond motifs is 1. The number of aliphatic hydroxyl groups is 1. The summed E-state index contributed by atoms with van der Waals surface area (Å²) in [5.74, 6) is 0.838. The summed E-state index contributed by atoms with van der Waals surface area (Å²) in [4.78, 5) is 19.1. The molecule has 1 N–H and O–H groups in total. The Morgan fingerprint density at radius 3 is 2.83 bits per heavy atom. The molecule has 1 aliphatic heterocycles. The number of methoxy groups -OCH3 is 1. The van der Waals surface area contributed by atoms with Crippen molar-refractivity contribution in [2.45, 2.75) is 31.3 Å². The number of nitriles is 1. The Labute approximate surface area is 177 Å². The van der Waals surface area contributed by atoms with E-state index in [1.807, 2.05) is 47.4 Å². The highest BCUT2D eigenvalue weighted by molar-refractivity contribution is 5.78. The van der Waals surface area contributed by atoms with Crippen LogP contribution in [0.15, 0.2) is 48.7 Å². The average Bonchev–Trinajstić information content (AvgIpc) is 3.20. The van der Waals surface area contributed by atoms with Crippen LogP contribution in [-0.4, -0.2) is 41.1 Å². The van der Waals surface area contributed by atoms with Gasteiger partial charge >= 0.3 is 0 Å². The third-order valence-corrected chi connectivity index (χ3v) is 6.65. The topological polar surface area (TPSA) is 86.5 Å². The largest absolute Gasteiger partial charge is 0.496 e. The standard InChI is InChI=1S/C24H27N3O3/c1-30-22-8-3-2-7-20(22)24(29)14-17(9-10-25)12-18-15-27(16-21(18)24)23(28)13-19-6-4-5-11-26-19/h2-8,11,17-18,21,29H,9,12-16H2,1H3/t17-,18+,21-,24-/m1/s1. The minimum atomic E-state index is -1.13. The van der Waals surface area contributed by atoms with Crippen LogP contribution in [0.4, 0.5) is 0 Å². The molecule has 4 atom stereocenters. The Balaban J connectivity index is 1.62. The second-order valence-electron chi connectivity index (χ2n) is 8.46. The Kier molecular flexibility index (Phi) is 5.74.